The molecule has 9 heteroatoms. The summed E-state index contributed by atoms with van der Waals surface area (Å²) in [5.41, 5.74) is 0.935. The number of rotatable bonds is 3. The number of hydrogen-bond donors (Lipinski definition) is 0. The van der Waals surface area contributed by atoms with Gasteiger partial charge in [-0.1, -0.05) is 34.5 Å². The van der Waals surface area contributed by atoms with Crippen LogP contribution in [0.15, 0.2) is 11.1 Å². The number of ether oxygens (including phenoxy) is 1. The quantitative estimate of drug-likeness (QED) is 0.765. The lowest BCUT2D eigenvalue weighted by molar-refractivity contribution is 0.0530. The third-order valence-electron chi connectivity index (χ3n) is 2.86. The second-order valence-corrected chi connectivity index (χ2v) is 7.50. The zero-order valence-corrected chi connectivity index (χ0v) is 15.1. The molecule has 0 saturated heterocycles. The molecule has 0 aliphatic heterocycles. The largest absolute Gasteiger partial charge is 0.462 e. The van der Waals surface area contributed by atoms with Crippen LogP contribution in [0, 0.1) is 6.92 Å². The van der Waals surface area contributed by atoms with Gasteiger partial charge in [-0.3, -0.25) is 4.79 Å². The zero-order chi connectivity index (χ0) is 16.4. The molecule has 0 radical (unpaired) electrons. The molecule has 0 aliphatic carbocycles. The van der Waals surface area contributed by atoms with Crippen LogP contribution in [0.5, 0.6) is 0 Å². The van der Waals surface area contributed by atoms with E-state index in [2.05, 4.69) is 4.99 Å². The number of amides is 1. The van der Waals surface area contributed by atoms with E-state index in [0.717, 1.165) is 22.7 Å². The molecule has 0 aromatic carbocycles. The summed E-state index contributed by atoms with van der Waals surface area (Å²) in [6.07, 6.45) is 0. The number of halogens is 2. The predicted octanol–water partition coefficient (Wildman–Crippen LogP) is 3.68. The van der Waals surface area contributed by atoms with Gasteiger partial charge in [-0.2, -0.15) is 4.99 Å². The smallest absolute Gasteiger partial charge is 0.350 e. The Morgan fingerprint density at radius 1 is 1.36 bits per heavy atom. The van der Waals surface area contributed by atoms with E-state index in [1.54, 1.807) is 25.5 Å². The van der Waals surface area contributed by atoms with Gasteiger partial charge < -0.3 is 9.30 Å². The Bertz CT molecular complexity index is 805. The van der Waals surface area contributed by atoms with Crippen molar-refractivity contribution in [2.45, 2.75) is 13.8 Å². The lowest BCUT2D eigenvalue weighted by Crippen LogP contribution is -2.14. The fourth-order valence-corrected chi connectivity index (χ4v) is 4.11. The number of nitrogens with zero attached hydrogens (tertiary/aromatic N) is 2. The lowest BCUT2D eigenvalue weighted by Gasteiger charge is -2.00. The molecule has 118 valence electrons. The summed E-state index contributed by atoms with van der Waals surface area (Å²) in [6, 6.07) is 1.48. The summed E-state index contributed by atoms with van der Waals surface area (Å²) in [6.45, 7) is 3.78. The molecule has 0 unspecified atom stereocenters. The highest BCUT2D eigenvalue weighted by atomic mass is 35.5. The number of thiazole rings is 1. The third-order valence-corrected chi connectivity index (χ3v) is 5.56. The highest BCUT2D eigenvalue weighted by Crippen LogP contribution is 2.31. The van der Waals surface area contributed by atoms with Gasteiger partial charge in [0.25, 0.3) is 5.91 Å². The van der Waals surface area contributed by atoms with E-state index >= 15 is 0 Å². The molecular weight excluding hydrogens is 367 g/mol. The fraction of sp³-hybridized carbons (Fsp3) is 0.308. The van der Waals surface area contributed by atoms with Crippen LogP contribution in [0.1, 0.15) is 32.6 Å². The van der Waals surface area contributed by atoms with Gasteiger partial charge in [0.1, 0.15) is 9.21 Å². The predicted molar refractivity (Wildman–Crippen MR) is 88.2 cm³/mol. The number of thiophene rings is 1. The van der Waals surface area contributed by atoms with Crippen LogP contribution < -0.4 is 4.80 Å². The van der Waals surface area contributed by atoms with E-state index in [0.29, 0.717) is 24.0 Å². The maximum atomic E-state index is 12.2. The first-order valence-electron chi connectivity index (χ1n) is 6.22. The van der Waals surface area contributed by atoms with Gasteiger partial charge in [0.2, 0.25) is 0 Å². The summed E-state index contributed by atoms with van der Waals surface area (Å²) in [7, 11) is 1.73. The molecule has 0 atom stereocenters. The standard InChI is InChI=1S/C13H12Cl2N2O3S2/c1-4-20-12(19)9-6(2)17(3)13(22-9)16-11(18)7-5-8(14)21-10(7)15/h5H,4H2,1-3H3. The highest BCUT2D eigenvalue weighted by Gasteiger charge is 2.18. The summed E-state index contributed by atoms with van der Waals surface area (Å²) in [5.74, 6) is -0.925. The minimum atomic E-state index is -0.500. The fourth-order valence-electron chi connectivity index (χ4n) is 1.65. The number of aromatic nitrogens is 1. The van der Waals surface area contributed by atoms with Crippen LogP contribution in [-0.4, -0.2) is 23.1 Å². The zero-order valence-electron chi connectivity index (χ0n) is 12.0. The molecule has 5 nitrogen and oxygen atoms in total. The minimum Gasteiger partial charge on any atom is -0.462 e. The molecule has 2 aromatic rings. The average Bonchev–Trinajstić information content (AvgIpc) is 2.93. The van der Waals surface area contributed by atoms with Gasteiger partial charge in [0.15, 0.2) is 4.80 Å². The molecule has 2 rings (SSSR count). The monoisotopic (exact) mass is 378 g/mol. The number of hydrogen-bond acceptors (Lipinski definition) is 5. The third kappa shape index (κ3) is 3.43. The molecule has 2 heterocycles. The van der Waals surface area contributed by atoms with Gasteiger partial charge in [-0.15, -0.1) is 11.3 Å². The van der Waals surface area contributed by atoms with Gasteiger partial charge >= 0.3 is 5.97 Å². The Morgan fingerprint density at radius 3 is 2.59 bits per heavy atom. The van der Waals surface area contributed by atoms with E-state index < -0.39 is 11.9 Å². The van der Waals surface area contributed by atoms with Gasteiger partial charge in [0.05, 0.1) is 16.5 Å². The molecule has 0 N–H and O–H groups in total. The van der Waals surface area contributed by atoms with Crippen LogP contribution in [0.2, 0.25) is 8.67 Å². The van der Waals surface area contributed by atoms with Crippen LogP contribution in [-0.2, 0) is 11.8 Å². The Labute approximate surface area is 144 Å². The van der Waals surface area contributed by atoms with Crippen LogP contribution in [0.3, 0.4) is 0 Å². The molecule has 0 aliphatic rings. The van der Waals surface area contributed by atoms with Crippen molar-refractivity contribution in [1.82, 2.24) is 4.57 Å². The molecule has 0 saturated carbocycles. The second kappa shape index (κ2) is 6.95. The number of carbonyl (C=O) groups excluding carboxylic acids is 2. The van der Waals surface area contributed by atoms with Crippen LogP contribution >= 0.6 is 45.9 Å². The number of carbonyl (C=O) groups is 2. The Morgan fingerprint density at radius 2 is 2.05 bits per heavy atom. The average molecular weight is 379 g/mol. The molecule has 0 spiro atoms. The summed E-state index contributed by atoms with van der Waals surface area (Å²) in [5, 5.41) is 0. The first kappa shape index (κ1) is 17.2. The van der Waals surface area contributed by atoms with E-state index in [9.17, 15) is 9.59 Å². The van der Waals surface area contributed by atoms with Crippen LogP contribution in [0.25, 0.3) is 0 Å². The minimum absolute atomic E-state index is 0.250. The molecule has 0 bridgehead atoms. The number of esters is 1. The van der Waals surface area contributed by atoms with Gasteiger partial charge in [-0.25, -0.2) is 4.79 Å². The summed E-state index contributed by atoms with van der Waals surface area (Å²) >= 11 is 14.0. The Hall–Kier alpha value is -1.15. The van der Waals surface area contributed by atoms with Crippen molar-refractivity contribution in [3.05, 3.63) is 35.7 Å². The van der Waals surface area contributed by atoms with Crippen molar-refractivity contribution in [3.63, 3.8) is 0 Å². The topological polar surface area (TPSA) is 60.7 Å². The molecule has 0 fully saturated rings. The van der Waals surface area contributed by atoms with Gasteiger partial charge in [-0.05, 0) is 19.9 Å². The molecule has 22 heavy (non-hydrogen) atoms. The van der Waals surface area contributed by atoms with E-state index in [4.69, 9.17) is 27.9 Å². The summed E-state index contributed by atoms with van der Waals surface area (Å²) in [4.78, 5) is 28.9. The van der Waals surface area contributed by atoms with Gasteiger partial charge in [0, 0.05) is 12.7 Å². The van der Waals surface area contributed by atoms with Crippen molar-refractivity contribution in [2.24, 2.45) is 12.0 Å². The Balaban J connectivity index is 2.44. The van der Waals surface area contributed by atoms with Crippen molar-refractivity contribution in [2.75, 3.05) is 6.61 Å². The molecular formula is C13H12Cl2N2O3S2. The van der Waals surface area contributed by atoms with E-state index in [1.807, 2.05) is 0 Å². The first-order valence-corrected chi connectivity index (χ1v) is 8.61. The lowest BCUT2D eigenvalue weighted by atomic mass is 10.3. The maximum Gasteiger partial charge on any atom is 0.350 e. The second-order valence-electron chi connectivity index (χ2n) is 4.23. The highest BCUT2D eigenvalue weighted by molar-refractivity contribution is 7.20. The van der Waals surface area contributed by atoms with E-state index in [-0.39, 0.29) is 12.2 Å². The molecule has 2 aromatic heterocycles. The Kier molecular flexibility index (Phi) is 5.44. The van der Waals surface area contributed by atoms with Crippen molar-refractivity contribution in [3.8, 4) is 0 Å². The van der Waals surface area contributed by atoms with Crippen LogP contribution in [0.4, 0.5) is 0 Å². The van der Waals surface area contributed by atoms with Crippen molar-refractivity contribution in [1.29, 1.82) is 0 Å². The summed E-state index contributed by atoms with van der Waals surface area (Å²) < 4.78 is 7.36. The maximum absolute atomic E-state index is 12.2. The molecule has 1 amide bonds. The van der Waals surface area contributed by atoms with Crippen molar-refractivity contribution >= 4 is 57.8 Å². The normalized spacial score (nSPS) is 11.8. The SMILES string of the molecule is CCOC(=O)c1sc(=NC(=O)c2cc(Cl)sc2Cl)n(C)c1C. The van der Waals surface area contributed by atoms with Crippen molar-refractivity contribution < 1.29 is 14.3 Å². The first-order chi connectivity index (χ1) is 10.3. The van der Waals surface area contributed by atoms with E-state index in [1.165, 1.54) is 6.07 Å².